The topological polar surface area (TPSA) is 54.0 Å². The van der Waals surface area contributed by atoms with Gasteiger partial charge in [-0.15, -0.1) is 11.3 Å². The van der Waals surface area contributed by atoms with Crippen molar-refractivity contribution in [2.75, 3.05) is 5.32 Å². The van der Waals surface area contributed by atoms with Crippen LogP contribution in [-0.2, 0) is 6.42 Å². The van der Waals surface area contributed by atoms with Crippen LogP contribution in [0.15, 0.2) is 18.2 Å². The molecular formula is C15H16FN3OS. The van der Waals surface area contributed by atoms with Gasteiger partial charge in [0.1, 0.15) is 5.82 Å². The smallest absolute Gasteiger partial charge is 0.321 e. The summed E-state index contributed by atoms with van der Waals surface area (Å²) in [4.78, 5) is 17.4. The number of nitrogens with one attached hydrogen (secondary N) is 2. The van der Waals surface area contributed by atoms with Crippen molar-refractivity contribution in [1.29, 1.82) is 0 Å². The molecule has 4 nitrogen and oxygen atoms in total. The molecule has 21 heavy (non-hydrogen) atoms. The summed E-state index contributed by atoms with van der Waals surface area (Å²) in [5.41, 5.74) is 2.90. The molecule has 0 spiro atoms. The first-order valence-electron chi connectivity index (χ1n) is 6.83. The Morgan fingerprint density at radius 1 is 1.43 bits per heavy atom. The lowest BCUT2D eigenvalue weighted by Gasteiger charge is -2.14. The molecule has 0 saturated heterocycles. The Hall–Kier alpha value is -1.95. The van der Waals surface area contributed by atoms with Gasteiger partial charge in [0, 0.05) is 4.88 Å². The second kappa shape index (κ2) is 5.44. The number of benzene rings is 1. The standard InChI is InChI=1S/C15H16FN3OS/c1-8-9(2)21-15(17-8)19-14(20)18-13-6-3-10-7-11(16)4-5-12(10)13/h4-5,7,13H,3,6H2,1-2H3,(H2,17,18,19,20)/t13-/m1/s1. The van der Waals surface area contributed by atoms with E-state index < -0.39 is 0 Å². The number of hydrogen-bond acceptors (Lipinski definition) is 3. The average molecular weight is 305 g/mol. The number of anilines is 1. The van der Waals surface area contributed by atoms with E-state index in [4.69, 9.17) is 0 Å². The van der Waals surface area contributed by atoms with E-state index >= 15 is 0 Å². The molecule has 1 heterocycles. The molecule has 0 aliphatic heterocycles. The summed E-state index contributed by atoms with van der Waals surface area (Å²) < 4.78 is 13.2. The summed E-state index contributed by atoms with van der Waals surface area (Å²) in [6, 6.07) is 4.39. The number of nitrogens with zero attached hydrogens (tertiary/aromatic N) is 1. The number of urea groups is 1. The maximum Gasteiger partial charge on any atom is 0.321 e. The Labute approximate surface area is 126 Å². The quantitative estimate of drug-likeness (QED) is 0.888. The van der Waals surface area contributed by atoms with Gasteiger partial charge in [0.15, 0.2) is 5.13 Å². The number of aryl methyl sites for hydroxylation is 3. The number of aromatic nitrogens is 1. The Morgan fingerprint density at radius 2 is 2.24 bits per heavy atom. The van der Waals surface area contributed by atoms with Crippen molar-refractivity contribution < 1.29 is 9.18 Å². The minimum Gasteiger partial charge on any atom is -0.331 e. The van der Waals surface area contributed by atoms with Gasteiger partial charge in [-0.1, -0.05) is 6.07 Å². The molecule has 6 heteroatoms. The molecule has 110 valence electrons. The molecule has 0 unspecified atom stereocenters. The van der Waals surface area contributed by atoms with Crippen LogP contribution in [0.4, 0.5) is 14.3 Å². The molecule has 1 aliphatic rings. The van der Waals surface area contributed by atoms with Crippen molar-refractivity contribution in [3.63, 3.8) is 0 Å². The highest BCUT2D eigenvalue weighted by Gasteiger charge is 2.24. The minimum absolute atomic E-state index is 0.0669. The number of rotatable bonds is 2. The Kier molecular flexibility index (Phi) is 3.63. The molecule has 2 aromatic rings. The molecule has 1 aliphatic carbocycles. The third kappa shape index (κ3) is 2.90. The Balaban J connectivity index is 1.67. The summed E-state index contributed by atoms with van der Waals surface area (Å²) in [5.74, 6) is -0.229. The highest BCUT2D eigenvalue weighted by molar-refractivity contribution is 7.15. The maximum atomic E-state index is 13.2. The molecule has 1 aromatic carbocycles. The fourth-order valence-corrected chi connectivity index (χ4v) is 3.36. The number of carbonyl (C=O) groups is 1. The molecule has 0 fully saturated rings. The first kappa shape index (κ1) is 14.0. The van der Waals surface area contributed by atoms with Gasteiger partial charge in [0.2, 0.25) is 0 Å². The van der Waals surface area contributed by atoms with Crippen molar-refractivity contribution >= 4 is 22.5 Å². The molecule has 3 rings (SSSR count). The third-order valence-corrected chi connectivity index (χ3v) is 4.73. The highest BCUT2D eigenvalue weighted by atomic mass is 32.1. The molecule has 0 bridgehead atoms. The lowest BCUT2D eigenvalue weighted by atomic mass is 10.1. The second-order valence-corrected chi connectivity index (χ2v) is 6.40. The molecule has 2 amide bonds. The monoisotopic (exact) mass is 305 g/mol. The van der Waals surface area contributed by atoms with Gasteiger partial charge >= 0.3 is 6.03 Å². The van der Waals surface area contributed by atoms with E-state index in [-0.39, 0.29) is 17.9 Å². The van der Waals surface area contributed by atoms with Gasteiger partial charge in [-0.25, -0.2) is 14.2 Å². The van der Waals surface area contributed by atoms with Crippen LogP contribution in [0.2, 0.25) is 0 Å². The van der Waals surface area contributed by atoms with E-state index in [0.29, 0.717) is 5.13 Å². The van der Waals surface area contributed by atoms with Crippen molar-refractivity contribution in [1.82, 2.24) is 10.3 Å². The molecular weight excluding hydrogens is 289 g/mol. The fraction of sp³-hybridized carbons (Fsp3) is 0.333. The normalized spacial score (nSPS) is 16.6. The zero-order chi connectivity index (χ0) is 15.0. The number of carbonyl (C=O) groups excluding carboxylic acids is 1. The largest absolute Gasteiger partial charge is 0.331 e. The molecule has 0 saturated carbocycles. The maximum absolute atomic E-state index is 13.2. The van der Waals surface area contributed by atoms with Crippen LogP contribution in [0.5, 0.6) is 0 Å². The van der Waals surface area contributed by atoms with Crippen molar-refractivity contribution in [3.05, 3.63) is 45.7 Å². The van der Waals surface area contributed by atoms with Crippen LogP contribution in [0.3, 0.4) is 0 Å². The van der Waals surface area contributed by atoms with Crippen LogP contribution in [0.1, 0.15) is 34.2 Å². The summed E-state index contributed by atoms with van der Waals surface area (Å²) in [6.45, 7) is 3.88. The number of hydrogen-bond donors (Lipinski definition) is 2. The third-order valence-electron chi connectivity index (χ3n) is 3.74. The van der Waals surface area contributed by atoms with Crippen molar-refractivity contribution in [2.45, 2.75) is 32.7 Å². The summed E-state index contributed by atoms with van der Waals surface area (Å²) in [7, 11) is 0. The predicted octanol–water partition coefficient (Wildman–Crippen LogP) is 3.71. The SMILES string of the molecule is Cc1nc(NC(=O)N[C@@H]2CCc3cc(F)ccc32)sc1C. The van der Waals surface area contributed by atoms with Crippen LogP contribution in [0.25, 0.3) is 0 Å². The van der Waals surface area contributed by atoms with Crippen LogP contribution in [-0.4, -0.2) is 11.0 Å². The van der Waals surface area contributed by atoms with Crippen molar-refractivity contribution in [3.8, 4) is 0 Å². The second-order valence-electron chi connectivity index (χ2n) is 5.19. The predicted molar refractivity (Wildman–Crippen MR) is 81.2 cm³/mol. The van der Waals surface area contributed by atoms with Gasteiger partial charge in [-0.2, -0.15) is 0 Å². The first-order chi connectivity index (χ1) is 10.0. The van der Waals surface area contributed by atoms with E-state index in [2.05, 4.69) is 15.6 Å². The minimum atomic E-state index is -0.272. The zero-order valence-electron chi connectivity index (χ0n) is 11.9. The van der Waals surface area contributed by atoms with Crippen molar-refractivity contribution in [2.24, 2.45) is 0 Å². The average Bonchev–Trinajstić information content (AvgIpc) is 2.94. The van der Waals surface area contributed by atoms with Gasteiger partial charge in [-0.05, 0) is 49.9 Å². The van der Waals surface area contributed by atoms with E-state index in [0.717, 1.165) is 34.5 Å². The molecule has 1 atom stereocenters. The van der Waals surface area contributed by atoms with Gasteiger partial charge in [0.25, 0.3) is 0 Å². The van der Waals surface area contributed by atoms with E-state index in [1.54, 1.807) is 12.1 Å². The molecule has 2 N–H and O–H groups in total. The van der Waals surface area contributed by atoms with Crippen LogP contribution < -0.4 is 10.6 Å². The lowest BCUT2D eigenvalue weighted by Crippen LogP contribution is -2.31. The first-order valence-corrected chi connectivity index (χ1v) is 7.64. The highest BCUT2D eigenvalue weighted by Crippen LogP contribution is 2.31. The number of halogens is 1. The van der Waals surface area contributed by atoms with Crippen LogP contribution >= 0.6 is 11.3 Å². The van der Waals surface area contributed by atoms with E-state index in [1.807, 2.05) is 13.8 Å². The number of amides is 2. The summed E-state index contributed by atoms with van der Waals surface area (Å²) in [5, 5.41) is 6.28. The number of thiazole rings is 1. The molecule has 1 aromatic heterocycles. The fourth-order valence-electron chi connectivity index (χ4n) is 2.55. The zero-order valence-corrected chi connectivity index (χ0v) is 12.7. The molecule has 0 radical (unpaired) electrons. The lowest BCUT2D eigenvalue weighted by molar-refractivity contribution is 0.248. The number of fused-ring (bicyclic) bond motifs is 1. The Morgan fingerprint density at radius 3 is 2.95 bits per heavy atom. The van der Waals surface area contributed by atoms with Gasteiger partial charge in [0.05, 0.1) is 11.7 Å². The van der Waals surface area contributed by atoms with Gasteiger partial charge in [-0.3, -0.25) is 5.32 Å². The Bertz CT molecular complexity index is 679. The van der Waals surface area contributed by atoms with Crippen LogP contribution in [0, 0.1) is 19.7 Å². The summed E-state index contributed by atoms with van der Waals surface area (Å²) >= 11 is 1.46. The van der Waals surface area contributed by atoms with Gasteiger partial charge < -0.3 is 5.32 Å². The van der Waals surface area contributed by atoms with E-state index in [1.165, 1.54) is 17.4 Å². The summed E-state index contributed by atoms with van der Waals surface area (Å²) in [6.07, 6.45) is 1.58. The van der Waals surface area contributed by atoms with E-state index in [9.17, 15) is 9.18 Å².